The normalized spacial score (nSPS) is 13.8. The van der Waals surface area contributed by atoms with Crippen LogP contribution in [0.2, 0.25) is 0 Å². The lowest BCUT2D eigenvalue weighted by molar-refractivity contribution is -0.122. The number of para-hydroxylation sites is 1. The molecule has 33 heavy (non-hydrogen) atoms. The first-order valence-electron chi connectivity index (χ1n) is 10.7. The van der Waals surface area contributed by atoms with E-state index in [0.717, 1.165) is 45.0 Å². The van der Waals surface area contributed by atoms with Crippen molar-refractivity contribution in [1.82, 2.24) is 9.88 Å². The van der Waals surface area contributed by atoms with Crippen LogP contribution in [0.4, 0.5) is 0 Å². The summed E-state index contributed by atoms with van der Waals surface area (Å²) >= 11 is 1.32. The summed E-state index contributed by atoms with van der Waals surface area (Å²) in [5.41, 5.74) is 8.76. The van der Waals surface area contributed by atoms with Crippen molar-refractivity contribution in [3.05, 3.63) is 84.1 Å². The number of carbonyl (C=O) groups is 2. The van der Waals surface area contributed by atoms with Crippen molar-refractivity contribution in [3.8, 4) is 0 Å². The third kappa shape index (κ3) is 3.81. The summed E-state index contributed by atoms with van der Waals surface area (Å²) in [6, 6.07) is 21.6. The zero-order chi connectivity index (χ0) is 22.9. The van der Waals surface area contributed by atoms with Gasteiger partial charge >= 0.3 is 0 Å². The number of aryl methyl sites for hydroxylation is 1. The van der Waals surface area contributed by atoms with E-state index >= 15 is 0 Å². The standard InChI is InChI=1S/C26H22N4O2S/c27-26(28)33-14-6-13-30-15-20(18-10-3-4-12-21(18)30)23-22(24(31)29-25(23)32)19-11-5-8-16-7-1-2-9-17(16)19/h1-5,7-12,15H,6,13-14H2,(H3,27,28)(H,29,31,32). The first kappa shape index (κ1) is 21.0. The van der Waals surface area contributed by atoms with Gasteiger partial charge in [-0.3, -0.25) is 20.3 Å². The fraction of sp³-hybridized carbons (Fsp3) is 0.115. The fourth-order valence-corrected chi connectivity index (χ4v) is 4.95. The Hall–Kier alpha value is -3.84. The van der Waals surface area contributed by atoms with Gasteiger partial charge in [0.15, 0.2) is 5.17 Å². The summed E-state index contributed by atoms with van der Waals surface area (Å²) in [5, 5.41) is 12.9. The number of nitrogens with one attached hydrogen (secondary N) is 2. The van der Waals surface area contributed by atoms with Crippen LogP contribution in [0.1, 0.15) is 17.5 Å². The average molecular weight is 455 g/mol. The lowest BCUT2D eigenvalue weighted by Crippen LogP contribution is -2.22. The molecule has 0 saturated carbocycles. The van der Waals surface area contributed by atoms with E-state index in [2.05, 4.69) is 9.88 Å². The van der Waals surface area contributed by atoms with E-state index in [4.69, 9.17) is 11.1 Å². The monoisotopic (exact) mass is 454 g/mol. The summed E-state index contributed by atoms with van der Waals surface area (Å²) in [5.74, 6) is -0.0147. The van der Waals surface area contributed by atoms with Crippen molar-refractivity contribution in [2.45, 2.75) is 13.0 Å². The molecule has 0 unspecified atom stereocenters. The van der Waals surface area contributed by atoms with E-state index in [-0.39, 0.29) is 17.0 Å². The highest BCUT2D eigenvalue weighted by Gasteiger charge is 2.34. The van der Waals surface area contributed by atoms with Gasteiger partial charge in [0.1, 0.15) is 0 Å². The van der Waals surface area contributed by atoms with Crippen molar-refractivity contribution in [3.63, 3.8) is 0 Å². The number of amides is 2. The first-order valence-corrected chi connectivity index (χ1v) is 11.7. The molecule has 0 fully saturated rings. The number of thioether (sulfide) groups is 1. The Labute approximate surface area is 195 Å². The molecule has 164 valence electrons. The molecule has 4 aromatic rings. The van der Waals surface area contributed by atoms with Crippen LogP contribution in [0.25, 0.3) is 32.8 Å². The number of nitrogens with two attached hydrogens (primary N) is 1. The lowest BCUT2D eigenvalue weighted by Gasteiger charge is -2.08. The third-order valence-electron chi connectivity index (χ3n) is 5.85. The molecule has 1 aliphatic rings. The molecule has 5 rings (SSSR count). The zero-order valence-corrected chi connectivity index (χ0v) is 18.6. The van der Waals surface area contributed by atoms with Crippen LogP contribution in [0.3, 0.4) is 0 Å². The second-order valence-electron chi connectivity index (χ2n) is 7.88. The van der Waals surface area contributed by atoms with Gasteiger partial charge in [-0.2, -0.15) is 0 Å². The minimum absolute atomic E-state index is 0.110. The number of benzene rings is 3. The van der Waals surface area contributed by atoms with E-state index in [1.807, 2.05) is 72.9 Å². The van der Waals surface area contributed by atoms with Crippen molar-refractivity contribution in [1.29, 1.82) is 5.41 Å². The largest absolute Gasteiger partial charge is 0.379 e. The quantitative estimate of drug-likeness (QED) is 0.174. The topological polar surface area (TPSA) is 101 Å². The second kappa shape index (κ2) is 8.60. The number of fused-ring (bicyclic) bond motifs is 2. The van der Waals surface area contributed by atoms with Crippen LogP contribution >= 0.6 is 11.8 Å². The van der Waals surface area contributed by atoms with E-state index in [0.29, 0.717) is 17.7 Å². The summed E-state index contributed by atoms with van der Waals surface area (Å²) in [6.45, 7) is 0.716. The minimum atomic E-state index is -0.377. The molecule has 7 heteroatoms. The Morgan fingerprint density at radius 1 is 0.879 bits per heavy atom. The predicted molar refractivity (Wildman–Crippen MR) is 135 cm³/mol. The maximum Gasteiger partial charge on any atom is 0.259 e. The second-order valence-corrected chi connectivity index (χ2v) is 9.02. The maximum atomic E-state index is 13.1. The average Bonchev–Trinajstić information content (AvgIpc) is 3.32. The number of nitrogens with zero attached hydrogens (tertiary/aromatic N) is 1. The van der Waals surface area contributed by atoms with E-state index in [1.165, 1.54) is 11.8 Å². The number of hydrogen-bond donors (Lipinski definition) is 3. The van der Waals surface area contributed by atoms with Crippen LogP contribution in [-0.2, 0) is 16.1 Å². The SMILES string of the molecule is N=C(N)SCCCn1cc(C2=C(c3cccc4ccccc34)C(=O)NC2=O)c2ccccc21. The molecule has 4 N–H and O–H groups in total. The number of rotatable bonds is 6. The number of carbonyl (C=O) groups excluding carboxylic acids is 2. The highest BCUT2D eigenvalue weighted by atomic mass is 32.2. The molecule has 3 aromatic carbocycles. The number of amidine groups is 1. The molecule has 0 bridgehead atoms. The van der Waals surface area contributed by atoms with Crippen molar-refractivity contribution in [2.75, 3.05) is 5.75 Å². The number of hydrogen-bond acceptors (Lipinski definition) is 4. The molecule has 2 heterocycles. The van der Waals surface area contributed by atoms with E-state index in [1.54, 1.807) is 0 Å². The van der Waals surface area contributed by atoms with Gasteiger partial charge in [0.2, 0.25) is 0 Å². The first-order chi connectivity index (χ1) is 16.0. The van der Waals surface area contributed by atoms with Gasteiger partial charge in [-0.05, 0) is 28.8 Å². The maximum absolute atomic E-state index is 13.1. The van der Waals surface area contributed by atoms with E-state index in [9.17, 15) is 9.59 Å². The van der Waals surface area contributed by atoms with Gasteiger partial charge in [-0.25, -0.2) is 0 Å². The minimum Gasteiger partial charge on any atom is -0.379 e. The Morgan fingerprint density at radius 2 is 1.55 bits per heavy atom. The highest BCUT2D eigenvalue weighted by Crippen LogP contribution is 2.38. The van der Waals surface area contributed by atoms with Crippen molar-refractivity contribution in [2.24, 2.45) is 5.73 Å². The molecule has 0 spiro atoms. The Kier molecular flexibility index (Phi) is 5.48. The van der Waals surface area contributed by atoms with Crippen LogP contribution in [0, 0.1) is 5.41 Å². The Balaban J connectivity index is 1.67. The van der Waals surface area contributed by atoms with Crippen LogP contribution in [-0.4, -0.2) is 27.3 Å². The van der Waals surface area contributed by atoms with E-state index < -0.39 is 0 Å². The smallest absolute Gasteiger partial charge is 0.259 e. The molecule has 6 nitrogen and oxygen atoms in total. The molecule has 0 aliphatic carbocycles. The molecule has 2 amide bonds. The Bertz CT molecular complexity index is 1460. The summed E-state index contributed by atoms with van der Waals surface area (Å²) in [4.78, 5) is 26.1. The van der Waals surface area contributed by atoms with Crippen molar-refractivity contribution >= 4 is 61.6 Å². The van der Waals surface area contributed by atoms with Gasteiger partial charge in [0.05, 0.1) is 11.1 Å². The van der Waals surface area contributed by atoms with Gasteiger partial charge < -0.3 is 10.3 Å². The molecule has 1 aliphatic heterocycles. The molecule has 0 radical (unpaired) electrons. The zero-order valence-electron chi connectivity index (χ0n) is 17.8. The number of imide groups is 1. The fourth-order valence-electron chi connectivity index (χ4n) is 4.46. The third-order valence-corrected chi connectivity index (χ3v) is 6.65. The van der Waals surface area contributed by atoms with Crippen LogP contribution < -0.4 is 11.1 Å². The van der Waals surface area contributed by atoms with Gasteiger partial charge in [0.25, 0.3) is 11.8 Å². The van der Waals surface area contributed by atoms with Crippen LogP contribution in [0.15, 0.2) is 72.9 Å². The van der Waals surface area contributed by atoms with Gasteiger partial charge in [-0.1, -0.05) is 72.4 Å². The molecule has 0 saturated heterocycles. The summed E-state index contributed by atoms with van der Waals surface area (Å²) < 4.78 is 2.11. The van der Waals surface area contributed by atoms with Crippen molar-refractivity contribution < 1.29 is 9.59 Å². The summed E-state index contributed by atoms with van der Waals surface area (Å²) in [6.07, 6.45) is 2.78. The van der Waals surface area contributed by atoms with Crippen LogP contribution in [0.5, 0.6) is 0 Å². The van der Waals surface area contributed by atoms with Gasteiger partial charge in [0, 0.05) is 35.0 Å². The molecular formula is C26H22N4O2S. The predicted octanol–water partition coefficient (Wildman–Crippen LogP) is 4.38. The molecular weight excluding hydrogens is 432 g/mol. The number of aromatic nitrogens is 1. The summed E-state index contributed by atoms with van der Waals surface area (Å²) in [7, 11) is 0. The molecule has 1 aromatic heterocycles. The Morgan fingerprint density at radius 3 is 2.33 bits per heavy atom. The van der Waals surface area contributed by atoms with Gasteiger partial charge in [-0.15, -0.1) is 0 Å². The highest BCUT2D eigenvalue weighted by molar-refractivity contribution is 8.13. The molecule has 0 atom stereocenters. The lowest BCUT2D eigenvalue weighted by atomic mass is 9.92.